The number of fused-ring (bicyclic) bond motifs is 1. The Kier molecular flexibility index (Phi) is 3.16. The molecule has 0 aliphatic rings. The summed E-state index contributed by atoms with van der Waals surface area (Å²) in [5, 5.41) is 7.19. The Bertz CT molecular complexity index is 749. The molecule has 0 fully saturated rings. The van der Waals surface area contributed by atoms with Crippen LogP contribution in [0.15, 0.2) is 48.8 Å². The minimum absolute atomic E-state index is 0.0530. The number of carbonyl (C=O) groups is 1. The number of amides is 1. The lowest BCUT2D eigenvalue weighted by Crippen LogP contribution is -2.20. The summed E-state index contributed by atoms with van der Waals surface area (Å²) in [7, 11) is 1.63. The first-order valence-corrected chi connectivity index (χ1v) is 6.38. The minimum Gasteiger partial charge on any atom is -0.359 e. The van der Waals surface area contributed by atoms with Crippen molar-refractivity contribution in [3.8, 4) is 11.3 Å². The Morgan fingerprint density at radius 1 is 1.25 bits per heavy atom. The number of aromatic nitrogens is 3. The molecular formula is C15H14N4O. The van der Waals surface area contributed by atoms with E-state index >= 15 is 0 Å². The number of benzene rings is 1. The van der Waals surface area contributed by atoms with Crippen molar-refractivity contribution < 1.29 is 4.79 Å². The molecule has 1 aromatic carbocycles. The summed E-state index contributed by atoms with van der Waals surface area (Å²) in [5.74, 6) is -0.0530. The van der Waals surface area contributed by atoms with E-state index in [0.29, 0.717) is 0 Å². The normalized spacial score (nSPS) is 10.7. The van der Waals surface area contributed by atoms with Crippen LogP contribution in [-0.4, -0.2) is 27.6 Å². The second-order valence-electron chi connectivity index (χ2n) is 4.43. The van der Waals surface area contributed by atoms with Crippen molar-refractivity contribution in [2.45, 2.75) is 6.42 Å². The molecule has 0 aliphatic heterocycles. The van der Waals surface area contributed by atoms with Gasteiger partial charge in [0.05, 0.1) is 12.1 Å². The average Bonchev–Trinajstić information content (AvgIpc) is 2.87. The fourth-order valence-corrected chi connectivity index (χ4v) is 2.17. The number of nitrogens with one attached hydrogen (secondary N) is 1. The molecule has 0 aliphatic carbocycles. The molecule has 0 bridgehead atoms. The van der Waals surface area contributed by atoms with E-state index < -0.39 is 0 Å². The van der Waals surface area contributed by atoms with Crippen LogP contribution in [0.1, 0.15) is 5.56 Å². The zero-order valence-electron chi connectivity index (χ0n) is 11.1. The van der Waals surface area contributed by atoms with Gasteiger partial charge in [0.15, 0.2) is 5.65 Å². The van der Waals surface area contributed by atoms with Crippen molar-refractivity contribution in [3.63, 3.8) is 0 Å². The number of likely N-dealkylation sites (N-methyl/N-ethyl adjacent to an activating group) is 1. The summed E-state index contributed by atoms with van der Waals surface area (Å²) in [6.45, 7) is 0. The highest BCUT2D eigenvalue weighted by Crippen LogP contribution is 2.25. The molecule has 5 heteroatoms. The molecular weight excluding hydrogens is 252 g/mol. The Morgan fingerprint density at radius 2 is 2.05 bits per heavy atom. The molecule has 0 saturated heterocycles. The van der Waals surface area contributed by atoms with Crippen LogP contribution in [-0.2, 0) is 11.2 Å². The summed E-state index contributed by atoms with van der Waals surface area (Å²) in [6, 6.07) is 11.6. The lowest BCUT2D eigenvalue weighted by molar-refractivity contribution is -0.119. The molecule has 5 nitrogen and oxygen atoms in total. The second-order valence-corrected chi connectivity index (χ2v) is 4.43. The van der Waals surface area contributed by atoms with Crippen molar-refractivity contribution in [3.05, 3.63) is 54.4 Å². The highest BCUT2D eigenvalue weighted by Gasteiger charge is 2.17. The fourth-order valence-electron chi connectivity index (χ4n) is 2.17. The Labute approximate surface area is 116 Å². The molecule has 20 heavy (non-hydrogen) atoms. The lowest BCUT2D eigenvalue weighted by Gasteiger charge is -2.02. The van der Waals surface area contributed by atoms with Gasteiger partial charge in [0.25, 0.3) is 0 Å². The fraction of sp³-hybridized carbons (Fsp3) is 0.133. The number of carbonyl (C=O) groups excluding carboxylic acids is 1. The van der Waals surface area contributed by atoms with Gasteiger partial charge in [0.2, 0.25) is 5.91 Å². The number of hydrogen-bond donors (Lipinski definition) is 1. The van der Waals surface area contributed by atoms with Gasteiger partial charge in [-0.05, 0) is 6.07 Å². The van der Waals surface area contributed by atoms with E-state index in [1.165, 1.54) is 0 Å². The third kappa shape index (κ3) is 2.14. The zero-order chi connectivity index (χ0) is 13.9. The predicted molar refractivity (Wildman–Crippen MR) is 76.2 cm³/mol. The summed E-state index contributed by atoms with van der Waals surface area (Å²) in [5.41, 5.74) is 3.34. The van der Waals surface area contributed by atoms with Crippen LogP contribution >= 0.6 is 0 Å². The smallest absolute Gasteiger partial charge is 0.224 e. The van der Waals surface area contributed by atoms with Crippen molar-refractivity contribution in [1.29, 1.82) is 0 Å². The van der Waals surface area contributed by atoms with Crippen molar-refractivity contribution >= 4 is 11.6 Å². The van der Waals surface area contributed by atoms with E-state index in [4.69, 9.17) is 0 Å². The topological polar surface area (TPSA) is 59.3 Å². The van der Waals surface area contributed by atoms with Crippen LogP contribution in [0.3, 0.4) is 0 Å². The molecule has 0 spiro atoms. The molecule has 0 unspecified atom stereocenters. The van der Waals surface area contributed by atoms with Gasteiger partial charge >= 0.3 is 0 Å². The summed E-state index contributed by atoms with van der Waals surface area (Å²) in [6.07, 6.45) is 3.81. The summed E-state index contributed by atoms with van der Waals surface area (Å²) >= 11 is 0. The average molecular weight is 266 g/mol. The van der Waals surface area contributed by atoms with E-state index in [1.54, 1.807) is 17.8 Å². The first-order chi connectivity index (χ1) is 9.79. The second kappa shape index (κ2) is 5.13. The van der Waals surface area contributed by atoms with E-state index in [0.717, 1.165) is 22.5 Å². The zero-order valence-corrected chi connectivity index (χ0v) is 11.1. The maximum Gasteiger partial charge on any atom is 0.224 e. The van der Waals surface area contributed by atoms with E-state index in [-0.39, 0.29) is 12.3 Å². The van der Waals surface area contributed by atoms with E-state index in [9.17, 15) is 4.79 Å². The van der Waals surface area contributed by atoms with Crippen LogP contribution in [0.4, 0.5) is 0 Å². The first kappa shape index (κ1) is 12.3. The molecule has 2 heterocycles. The van der Waals surface area contributed by atoms with Crippen molar-refractivity contribution in [2.24, 2.45) is 0 Å². The van der Waals surface area contributed by atoms with Crippen LogP contribution < -0.4 is 5.32 Å². The van der Waals surface area contributed by atoms with Gasteiger partial charge in [0, 0.05) is 30.6 Å². The van der Waals surface area contributed by atoms with Gasteiger partial charge < -0.3 is 5.32 Å². The van der Waals surface area contributed by atoms with Crippen molar-refractivity contribution in [2.75, 3.05) is 7.05 Å². The van der Waals surface area contributed by atoms with Gasteiger partial charge in [-0.25, -0.2) is 9.50 Å². The molecule has 2 aromatic heterocycles. The van der Waals surface area contributed by atoms with Crippen LogP contribution in [0.5, 0.6) is 0 Å². The molecule has 3 rings (SSSR count). The van der Waals surface area contributed by atoms with Gasteiger partial charge in [-0.15, -0.1) is 0 Å². The van der Waals surface area contributed by atoms with Gasteiger partial charge in [-0.1, -0.05) is 30.3 Å². The Hall–Kier alpha value is -2.69. The van der Waals surface area contributed by atoms with Crippen molar-refractivity contribution in [1.82, 2.24) is 19.9 Å². The standard InChI is InChI=1S/C15H14N4O/c1-16-13(20)10-12-14(11-6-3-2-4-7-11)18-19-9-5-8-17-15(12)19/h2-9H,10H2,1H3,(H,16,20). The summed E-state index contributed by atoms with van der Waals surface area (Å²) < 4.78 is 1.71. The highest BCUT2D eigenvalue weighted by molar-refractivity contribution is 5.84. The van der Waals surface area contributed by atoms with E-state index in [2.05, 4.69) is 15.4 Å². The number of hydrogen-bond acceptors (Lipinski definition) is 3. The maximum absolute atomic E-state index is 11.7. The van der Waals surface area contributed by atoms with Gasteiger partial charge in [-0.3, -0.25) is 4.79 Å². The Balaban J connectivity index is 2.20. The Morgan fingerprint density at radius 3 is 2.80 bits per heavy atom. The molecule has 0 radical (unpaired) electrons. The van der Waals surface area contributed by atoms with Crippen LogP contribution in [0.2, 0.25) is 0 Å². The monoisotopic (exact) mass is 266 g/mol. The van der Waals surface area contributed by atoms with Gasteiger partial charge in [0.1, 0.15) is 0 Å². The quantitative estimate of drug-likeness (QED) is 0.784. The highest BCUT2D eigenvalue weighted by atomic mass is 16.1. The maximum atomic E-state index is 11.7. The van der Waals surface area contributed by atoms with Crippen LogP contribution in [0.25, 0.3) is 16.9 Å². The third-order valence-corrected chi connectivity index (χ3v) is 3.15. The largest absolute Gasteiger partial charge is 0.359 e. The van der Waals surface area contributed by atoms with E-state index in [1.807, 2.05) is 42.6 Å². The SMILES string of the molecule is CNC(=O)Cc1c(-c2ccccc2)nn2cccnc12. The molecule has 1 amide bonds. The summed E-state index contributed by atoms with van der Waals surface area (Å²) in [4.78, 5) is 16.1. The predicted octanol–water partition coefficient (Wildman–Crippen LogP) is 1.68. The van der Waals surface area contributed by atoms with Gasteiger partial charge in [-0.2, -0.15) is 5.10 Å². The molecule has 1 N–H and O–H groups in total. The number of rotatable bonds is 3. The first-order valence-electron chi connectivity index (χ1n) is 6.38. The third-order valence-electron chi connectivity index (χ3n) is 3.15. The molecule has 3 aromatic rings. The van der Waals surface area contributed by atoms with Crippen LogP contribution in [0, 0.1) is 0 Å². The molecule has 0 atom stereocenters. The molecule has 100 valence electrons. The lowest BCUT2D eigenvalue weighted by atomic mass is 10.1. The minimum atomic E-state index is -0.0530. The number of nitrogens with zero attached hydrogens (tertiary/aromatic N) is 3. The molecule has 0 saturated carbocycles.